The van der Waals surface area contributed by atoms with Gasteiger partial charge in [0.05, 0.1) is 5.69 Å². The van der Waals surface area contributed by atoms with Crippen LogP contribution in [-0.4, -0.2) is 5.91 Å². The van der Waals surface area contributed by atoms with Crippen LogP contribution in [0.3, 0.4) is 0 Å². The third-order valence-corrected chi connectivity index (χ3v) is 4.98. The van der Waals surface area contributed by atoms with E-state index in [2.05, 4.69) is 17.4 Å². The highest BCUT2D eigenvalue weighted by atomic mass is 32.2. The van der Waals surface area contributed by atoms with Gasteiger partial charge in [0.2, 0.25) is 5.91 Å². The molecule has 114 valence electrons. The van der Waals surface area contributed by atoms with Crippen LogP contribution in [0.1, 0.15) is 4.88 Å². The Morgan fingerprint density at radius 3 is 2.52 bits per heavy atom. The Balaban J connectivity index is 1.71. The molecule has 3 rings (SSSR count). The number of hydrogen-bond acceptors (Lipinski definition) is 3. The van der Waals surface area contributed by atoms with Gasteiger partial charge in [0.1, 0.15) is 0 Å². The smallest absolute Gasteiger partial charge is 0.248 e. The topological polar surface area (TPSA) is 29.1 Å². The van der Waals surface area contributed by atoms with E-state index in [4.69, 9.17) is 0 Å². The minimum Gasteiger partial charge on any atom is -0.321 e. The minimum atomic E-state index is -0.125. The molecule has 0 aliphatic heterocycles. The van der Waals surface area contributed by atoms with Crippen LogP contribution < -0.4 is 5.32 Å². The number of carbonyl (C=O) groups excluding carboxylic acids is 1. The van der Waals surface area contributed by atoms with Gasteiger partial charge >= 0.3 is 0 Å². The normalized spacial score (nSPS) is 10.8. The van der Waals surface area contributed by atoms with Gasteiger partial charge in [-0.2, -0.15) is 0 Å². The summed E-state index contributed by atoms with van der Waals surface area (Å²) in [4.78, 5) is 15.3. The molecule has 0 bridgehead atoms. The fourth-order valence-electron chi connectivity index (χ4n) is 1.99. The van der Waals surface area contributed by atoms with E-state index in [9.17, 15) is 4.79 Å². The molecule has 0 spiro atoms. The third kappa shape index (κ3) is 4.58. The third-order valence-electron chi connectivity index (χ3n) is 3.06. The van der Waals surface area contributed by atoms with Crippen molar-refractivity contribution in [1.29, 1.82) is 0 Å². The summed E-state index contributed by atoms with van der Waals surface area (Å²) in [6, 6.07) is 21.9. The van der Waals surface area contributed by atoms with E-state index in [1.807, 2.05) is 66.1 Å². The lowest BCUT2D eigenvalue weighted by molar-refractivity contribution is -0.111. The van der Waals surface area contributed by atoms with Crippen molar-refractivity contribution in [1.82, 2.24) is 0 Å². The van der Waals surface area contributed by atoms with Crippen molar-refractivity contribution in [3.63, 3.8) is 0 Å². The number of carbonyl (C=O) groups is 1. The quantitative estimate of drug-likeness (QED) is 0.618. The van der Waals surface area contributed by atoms with E-state index in [1.54, 1.807) is 29.2 Å². The summed E-state index contributed by atoms with van der Waals surface area (Å²) in [5, 5.41) is 4.94. The maximum Gasteiger partial charge on any atom is 0.248 e. The van der Waals surface area contributed by atoms with Crippen molar-refractivity contribution in [3.8, 4) is 0 Å². The molecule has 0 fully saturated rings. The average Bonchev–Trinajstić information content (AvgIpc) is 3.09. The number of hydrogen-bond donors (Lipinski definition) is 1. The highest BCUT2D eigenvalue weighted by Gasteiger charge is 2.06. The molecule has 0 unspecified atom stereocenters. The Morgan fingerprint density at radius 1 is 0.957 bits per heavy atom. The molecule has 23 heavy (non-hydrogen) atoms. The fourth-order valence-corrected chi connectivity index (χ4v) is 3.53. The first kappa shape index (κ1) is 15.6. The fraction of sp³-hybridized carbons (Fsp3) is 0. The second-order valence-corrected chi connectivity index (χ2v) is 6.84. The summed E-state index contributed by atoms with van der Waals surface area (Å²) in [6.07, 6.45) is 3.39. The van der Waals surface area contributed by atoms with Gasteiger partial charge in [0.15, 0.2) is 0 Å². The predicted molar refractivity (Wildman–Crippen MR) is 99.0 cm³/mol. The first-order valence-corrected chi connectivity index (χ1v) is 8.85. The molecule has 0 saturated heterocycles. The zero-order valence-corrected chi connectivity index (χ0v) is 13.9. The second kappa shape index (κ2) is 7.81. The van der Waals surface area contributed by atoms with E-state index in [0.29, 0.717) is 0 Å². The lowest BCUT2D eigenvalue weighted by atomic mass is 10.3. The molecule has 3 aromatic rings. The molecule has 4 heteroatoms. The maximum absolute atomic E-state index is 12.1. The van der Waals surface area contributed by atoms with Crippen molar-refractivity contribution in [2.24, 2.45) is 0 Å². The molecule has 2 nitrogen and oxygen atoms in total. The Morgan fingerprint density at radius 2 is 1.74 bits per heavy atom. The van der Waals surface area contributed by atoms with Crippen molar-refractivity contribution < 1.29 is 4.79 Å². The molecule has 1 N–H and O–H groups in total. The maximum atomic E-state index is 12.1. The molecule has 2 aromatic carbocycles. The molecule has 0 atom stereocenters. The SMILES string of the molecule is O=C(/C=C/c1cccs1)Nc1ccccc1Sc1ccccc1. The van der Waals surface area contributed by atoms with E-state index < -0.39 is 0 Å². The Labute approximate surface area is 143 Å². The van der Waals surface area contributed by atoms with E-state index in [-0.39, 0.29) is 5.91 Å². The molecule has 0 aliphatic rings. The first-order valence-electron chi connectivity index (χ1n) is 7.16. The van der Waals surface area contributed by atoms with Gasteiger partial charge in [-0.05, 0) is 41.8 Å². The van der Waals surface area contributed by atoms with Crippen LogP contribution >= 0.6 is 23.1 Å². The predicted octanol–water partition coefficient (Wildman–Crippen LogP) is 5.55. The molecular formula is C19H15NOS2. The van der Waals surface area contributed by atoms with Gasteiger partial charge in [-0.15, -0.1) is 11.3 Å². The first-order chi connectivity index (χ1) is 11.3. The number of nitrogens with one attached hydrogen (secondary N) is 1. The summed E-state index contributed by atoms with van der Waals surface area (Å²) in [6.45, 7) is 0. The number of benzene rings is 2. The standard InChI is InChI=1S/C19H15NOS2/c21-19(13-12-15-9-6-14-22-15)20-17-10-4-5-11-18(17)23-16-7-2-1-3-8-16/h1-14H,(H,20,21)/b13-12+. The van der Waals surface area contributed by atoms with Gasteiger partial charge in [0, 0.05) is 20.7 Å². The second-order valence-electron chi connectivity index (χ2n) is 4.75. The summed E-state index contributed by atoms with van der Waals surface area (Å²) in [7, 11) is 0. The Bertz CT molecular complexity index is 795. The molecule has 0 radical (unpaired) electrons. The molecule has 1 aromatic heterocycles. The molecule has 0 aliphatic carbocycles. The summed E-state index contributed by atoms with van der Waals surface area (Å²) in [5.41, 5.74) is 0.821. The highest BCUT2D eigenvalue weighted by Crippen LogP contribution is 2.33. The minimum absolute atomic E-state index is 0.125. The van der Waals surface area contributed by atoms with Crippen LogP contribution in [0.5, 0.6) is 0 Å². The Hall–Kier alpha value is -2.30. The lowest BCUT2D eigenvalue weighted by Gasteiger charge is -2.09. The van der Waals surface area contributed by atoms with Gasteiger partial charge in [-0.25, -0.2) is 0 Å². The van der Waals surface area contributed by atoms with E-state index in [1.165, 1.54) is 0 Å². The van der Waals surface area contributed by atoms with Crippen molar-refractivity contribution in [3.05, 3.63) is 83.1 Å². The van der Waals surface area contributed by atoms with Crippen molar-refractivity contribution in [2.75, 3.05) is 5.32 Å². The zero-order valence-electron chi connectivity index (χ0n) is 12.3. The number of para-hydroxylation sites is 1. The van der Waals surface area contributed by atoms with Gasteiger partial charge in [-0.1, -0.05) is 48.2 Å². The van der Waals surface area contributed by atoms with Gasteiger partial charge in [-0.3, -0.25) is 4.79 Å². The van der Waals surface area contributed by atoms with Crippen molar-refractivity contribution >= 4 is 40.8 Å². The zero-order chi connectivity index (χ0) is 15.9. The van der Waals surface area contributed by atoms with E-state index in [0.717, 1.165) is 20.4 Å². The van der Waals surface area contributed by atoms with Crippen LogP contribution in [0.15, 0.2) is 88.0 Å². The lowest BCUT2D eigenvalue weighted by Crippen LogP contribution is -2.08. The average molecular weight is 337 g/mol. The molecule has 1 heterocycles. The van der Waals surface area contributed by atoms with Gasteiger partial charge in [0.25, 0.3) is 0 Å². The number of anilines is 1. The van der Waals surface area contributed by atoms with Crippen LogP contribution in [0, 0.1) is 0 Å². The van der Waals surface area contributed by atoms with Gasteiger partial charge < -0.3 is 5.32 Å². The number of thiophene rings is 1. The summed E-state index contributed by atoms with van der Waals surface area (Å²) < 4.78 is 0. The molecular weight excluding hydrogens is 322 g/mol. The molecule has 0 saturated carbocycles. The van der Waals surface area contributed by atoms with Crippen LogP contribution in [0.2, 0.25) is 0 Å². The monoisotopic (exact) mass is 337 g/mol. The van der Waals surface area contributed by atoms with Crippen molar-refractivity contribution in [2.45, 2.75) is 9.79 Å². The Kier molecular flexibility index (Phi) is 5.29. The summed E-state index contributed by atoms with van der Waals surface area (Å²) >= 11 is 3.24. The van der Waals surface area contributed by atoms with Crippen LogP contribution in [-0.2, 0) is 4.79 Å². The summed E-state index contributed by atoms with van der Waals surface area (Å²) in [5.74, 6) is -0.125. The van der Waals surface area contributed by atoms with E-state index >= 15 is 0 Å². The van der Waals surface area contributed by atoms with Crippen LogP contribution in [0.4, 0.5) is 5.69 Å². The highest BCUT2D eigenvalue weighted by molar-refractivity contribution is 7.99. The molecule has 1 amide bonds. The largest absolute Gasteiger partial charge is 0.321 e. The number of amides is 1. The number of rotatable bonds is 5. The van der Waals surface area contributed by atoms with Crippen LogP contribution in [0.25, 0.3) is 6.08 Å².